The summed E-state index contributed by atoms with van der Waals surface area (Å²) in [4.78, 5) is 25.2. The molecule has 1 N–H and O–H groups in total. The molecule has 0 aromatic heterocycles. The number of nitrogens with zero attached hydrogens (tertiary/aromatic N) is 1. The van der Waals surface area contributed by atoms with Gasteiger partial charge >= 0.3 is 6.03 Å². The van der Waals surface area contributed by atoms with Gasteiger partial charge in [0, 0.05) is 6.54 Å². The fraction of sp³-hybridized carbons (Fsp3) is 0.130. The molecule has 0 saturated carbocycles. The summed E-state index contributed by atoms with van der Waals surface area (Å²) >= 11 is 12.8. The molecule has 1 aliphatic heterocycles. The highest BCUT2D eigenvalue weighted by Crippen LogP contribution is 2.36. The normalized spacial score (nSPS) is 15.2. The van der Waals surface area contributed by atoms with Crippen LogP contribution in [0.25, 0.3) is 16.8 Å². The topological polar surface area (TPSA) is 58.6 Å². The Bertz CT molecular complexity index is 1160. The lowest BCUT2D eigenvalue weighted by atomic mass is 10.1. The van der Waals surface area contributed by atoms with Crippen molar-refractivity contribution in [3.05, 3.63) is 81.5 Å². The molecule has 152 valence electrons. The number of imide groups is 1. The molecule has 3 aromatic carbocycles. The van der Waals surface area contributed by atoms with Gasteiger partial charge in [-0.15, -0.1) is 0 Å². The van der Waals surface area contributed by atoms with Crippen molar-refractivity contribution in [2.75, 3.05) is 6.54 Å². The van der Waals surface area contributed by atoms with Gasteiger partial charge in [0.2, 0.25) is 0 Å². The van der Waals surface area contributed by atoms with Crippen molar-refractivity contribution in [2.24, 2.45) is 0 Å². The zero-order chi connectivity index (χ0) is 21.3. The first kappa shape index (κ1) is 20.3. The molecule has 4 rings (SSSR count). The van der Waals surface area contributed by atoms with E-state index in [2.05, 4.69) is 5.32 Å². The third-order valence-corrected chi connectivity index (χ3v) is 5.42. The molecule has 0 atom stereocenters. The van der Waals surface area contributed by atoms with E-state index in [0.717, 1.165) is 21.2 Å². The fourth-order valence-electron chi connectivity index (χ4n) is 3.39. The summed E-state index contributed by atoms with van der Waals surface area (Å²) in [5.41, 5.74) is 1.79. The van der Waals surface area contributed by atoms with E-state index in [0.29, 0.717) is 34.5 Å². The van der Waals surface area contributed by atoms with Gasteiger partial charge in [-0.3, -0.25) is 9.69 Å². The monoisotopic (exact) mass is 440 g/mol. The van der Waals surface area contributed by atoms with Gasteiger partial charge in [0.05, 0.1) is 10.0 Å². The molecule has 1 saturated heterocycles. The standard InChI is InChI=1S/C23H18Cl2N2O3/c1-2-27-22(28)20(26-23(27)29)12-14-10-18(24)21(19(25)11-14)30-13-16-8-5-7-15-6-3-4-9-17(15)16/h3-12H,2,13H2,1H3,(H,26,29)/b20-12+. The van der Waals surface area contributed by atoms with E-state index >= 15 is 0 Å². The number of likely N-dealkylation sites (N-methyl/N-ethyl adjacent to an activating group) is 1. The van der Waals surface area contributed by atoms with Crippen LogP contribution in [-0.4, -0.2) is 23.4 Å². The minimum absolute atomic E-state index is 0.179. The van der Waals surface area contributed by atoms with Crippen molar-refractivity contribution < 1.29 is 14.3 Å². The molecular weight excluding hydrogens is 423 g/mol. The average molecular weight is 441 g/mol. The first-order valence-corrected chi connectivity index (χ1v) is 10.2. The van der Waals surface area contributed by atoms with Gasteiger partial charge in [-0.2, -0.15) is 0 Å². The summed E-state index contributed by atoms with van der Waals surface area (Å²) in [5, 5.41) is 5.42. The van der Waals surface area contributed by atoms with E-state index in [1.54, 1.807) is 25.1 Å². The van der Waals surface area contributed by atoms with Crippen LogP contribution < -0.4 is 10.1 Å². The molecule has 3 amide bonds. The lowest BCUT2D eigenvalue weighted by molar-refractivity contribution is -0.122. The second kappa shape index (κ2) is 8.38. The van der Waals surface area contributed by atoms with Gasteiger partial charge in [-0.1, -0.05) is 65.7 Å². The molecule has 5 nitrogen and oxygen atoms in total. The Labute approximate surface area is 183 Å². The van der Waals surface area contributed by atoms with Crippen LogP contribution in [0.4, 0.5) is 4.79 Å². The second-order valence-corrected chi connectivity index (χ2v) is 7.59. The number of ether oxygens (including phenoxy) is 1. The highest BCUT2D eigenvalue weighted by Gasteiger charge is 2.32. The summed E-state index contributed by atoms with van der Waals surface area (Å²) < 4.78 is 5.93. The Kier molecular flexibility index (Phi) is 5.66. The minimum atomic E-state index is -0.444. The zero-order valence-corrected chi connectivity index (χ0v) is 17.6. The van der Waals surface area contributed by atoms with Gasteiger partial charge in [0.25, 0.3) is 5.91 Å². The molecule has 7 heteroatoms. The number of urea groups is 1. The molecule has 0 bridgehead atoms. The van der Waals surface area contributed by atoms with Gasteiger partial charge in [0.1, 0.15) is 12.3 Å². The number of carbonyl (C=O) groups excluding carboxylic acids is 2. The summed E-state index contributed by atoms with van der Waals surface area (Å²) in [6.45, 7) is 2.34. The van der Waals surface area contributed by atoms with E-state index in [1.165, 1.54) is 0 Å². The van der Waals surface area contributed by atoms with Crippen molar-refractivity contribution in [1.82, 2.24) is 10.2 Å². The average Bonchev–Trinajstić information content (AvgIpc) is 2.99. The SMILES string of the molecule is CCN1C(=O)N/C(=C/c2cc(Cl)c(OCc3cccc4ccccc34)c(Cl)c2)C1=O. The first-order chi connectivity index (χ1) is 14.5. The summed E-state index contributed by atoms with van der Waals surface area (Å²) in [6, 6.07) is 16.9. The first-order valence-electron chi connectivity index (χ1n) is 9.41. The number of benzene rings is 3. The Morgan fingerprint density at radius 2 is 1.73 bits per heavy atom. The van der Waals surface area contributed by atoms with Gasteiger partial charge in [-0.25, -0.2) is 4.79 Å². The highest BCUT2D eigenvalue weighted by molar-refractivity contribution is 6.37. The number of amides is 3. The number of fused-ring (bicyclic) bond motifs is 1. The molecule has 0 aliphatic carbocycles. The van der Waals surface area contributed by atoms with E-state index in [9.17, 15) is 9.59 Å². The number of halogens is 2. The highest BCUT2D eigenvalue weighted by atomic mass is 35.5. The maximum Gasteiger partial charge on any atom is 0.328 e. The lowest BCUT2D eigenvalue weighted by Gasteiger charge is -2.12. The number of hydrogen-bond acceptors (Lipinski definition) is 3. The van der Waals surface area contributed by atoms with E-state index in [-0.39, 0.29) is 11.6 Å². The predicted octanol–water partition coefficient (Wildman–Crippen LogP) is 5.64. The van der Waals surface area contributed by atoms with Crippen LogP contribution in [0.15, 0.2) is 60.3 Å². The van der Waals surface area contributed by atoms with Crippen LogP contribution in [0.1, 0.15) is 18.1 Å². The van der Waals surface area contributed by atoms with Crippen LogP contribution in [0, 0.1) is 0 Å². The third kappa shape index (κ3) is 3.86. The van der Waals surface area contributed by atoms with Crippen molar-refractivity contribution in [2.45, 2.75) is 13.5 Å². The Balaban J connectivity index is 1.57. The van der Waals surface area contributed by atoms with Crippen LogP contribution in [-0.2, 0) is 11.4 Å². The Morgan fingerprint density at radius 3 is 2.43 bits per heavy atom. The summed E-state index contributed by atoms with van der Waals surface area (Å²) in [5.74, 6) is -0.0172. The Hall–Kier alpha value is -3.02. The van der Waals surface area contributed by atoms with Gasteiger partial charge < -0.3 is 10.1 Å². The number of hydrogen-bond donors (Lipinski definition) is 1. The summed E-state index contributed by atoms with van der Waals surface area (Å²) in [6.07, 6.45) is 1.54. The molecule has 0 spiro atoms. The third-order valence-electron chi connectivity index (χ3n) is 4.86. The van der Waals surface area contributed by atoms with Crippen molar-refractivity contribution in [3.8, 4) is 5.75 Å². The molecule has 0 unspecified atom stereocenters. The second-order valence-electron chi connectivity index (χ2n) is 6.78. The fourth-order valence-corrected chi connectivity index (χ4v) is 4.01. The molecular formula is C23H18Cl2N2O3. The van der Waals surface area contributed by atoms with Crippen LogP contribution in [0.2, 0.25) is 10.0 Å². The van der Waals surface area contributed by atoms with Gasteiger partial charge in [0.15, 0.2) is 5.75 Å². The quantitative estimate of drug-likeness (QED) is 0.412. The molecule has 0 radical (unpaired) electrons. The zero-order valence-electron chi connectivity index (χ0n) is 16.1. The van der Waals surface area contributed by atoms with E-state index in [4.69, 9.17) is 27.9 Å². The van der Waals surface area contributed by atoms with Crippen LogP contribution in [0.3, 0.4) is 0 Å². The minimum Gasteiger partial charge on any atom is -0.486 e. The molecule has 1 fully saturated rings. The summed E-state index contributed by atoms with van der Waals surface area (Å²) in [7, 11) is 0. The van der Waals surface area contributed by atoms with Crippen molar-refractivity contribution >= 4 is 52.0 Å². The smallest absolute Gasteiger partial charge is 0.328 e. The maximum atomic E-state index is 12.2. The van der Waals surface area contributed by atoms with E-state index in [1.807, 2.05) is 42.5 Å². The Morgan fingerprint density at radius 1 is 1.03 bits per heavy atom. The van der Waals surface area contributed by atoms with Crippen molar-refractivity contribution in [1.29, 1.82) is 0 Å². The molecule has 3 aromatic rings. The molecule has 30 heavy (non-hydrogen) atoms. The van der Waals surface area contributed by atoms with E-state index < -0.39 is 6.03 Å². The van der Waals surface area contributed by atoms with Crippen LogP contribution >= 0.6 is 23.2 Å². The number of carbonyl (C=O) groups is 2. The molecule has 1 heterocycles. The lowest BCUT2D eigenvalue weighted by Crippen LogP contribution is -2.30. The number of nitrogens with one attached hydrogen (secondary N) is 1. The maximum absolute atomic E-state index is 12.2. The largest absolute Gasteiger partial charge is 0.486 e. The van der Waals surface area contributed by atoms with Crippen molar-refractivity contribution in [3.63, 3.8) is 0 Å². The number of rotatable bonds is 5. The molecule has 1 aliphatic rings. The van der Waals surface area contributed by atoms with Crippen LogP contribution in [0.5, 0.6) is 5.75 Å². The predicted molar refractivity (Wildman–Crippen MR) is 119 cm³/mol. The van der Waals surface area contributed by atoms with Gasteiger partial charge in [-0.05, 0) is 47.0 Å².